The molecule has 82 valence electrons. The number of aromatic nitrogens is 2. The maximum atomic E-state index is 11.7. The van der Waals surface area contributed by atoms with Crippen molar-refractivity contribution in [3.05, 3.63) is 35.8 Å². The summed E-state index contributed by atoms with van der Waals surface area (Å²) in [5, 5.41) is 8.84. The van der Waals surface area contributed by atoms with Crippen LogP contribution in [0.4, 0.5) is 4.53 Å². The van der Waals surface area contributed by atoms with E-state index in [4.69, 9.17) is 5.11 Å². The Kier molecular flexibility index (Phi) is 2.28. The summed E-state index contributed by atoms with van der Waals surface area (Å²) in [4.78, 5) is 28.6. The van der Waals surface area contributed by atoms with Crippen molar-refractivity contribution in [2.75, 3.05) is 0 Å². The summed E-state index contributed by atoms with van der Waals surface area (Å²) in [6.07, 6.45) is 2.44. The topological polar surface area (TPSA) is 80.9 Å². The number of fused-ring (bicyclic) bond motifs is 1. The predicted octanol–water partition coefficient (Wildman–Crippen LogP) is 1.07. The molecule has 2 rings (SSSR count). The molecule has 0 aliphatic carbocycles. The van der Waals surface area contributed by atoms with Gasteiger partial charge in [-0.1, -0.05) is 0 Å². The van der Waals surface area contributed by atoms with Crippen molar-refractivity contribution in [1.82, 2.24) is 9.38 Å². The van der Waals surface area contributed by atoms with Gasteiger partial charge in [-0.25, -0.2) is 19.5 Å². The second-order valence-electron chi connectivity index (χ2n) is 2.93. The van der Waals surface area contributed by atoms with Crippen LogP contribution in [-0.2, 0) is 4.94 Å². The lowest BCUT2D eigenvalue weighted by molar-refractivity contribution is -0.0794. The molecular weight excluding hydrogens is 219 g/mol. The van der Waals surface area contributed by atoms with Gasteiger partial charge in [0.2, 0.25) is 0 Å². The summed E-state index contributed by atoms with van der Waals surface area (Å²) in [5.74, 6) is -2.41. The van der Waals surface area contributed by atoms with Crippen LogP contribution in [0.25, 0.3) is 5.65 Å². The Labute approximate surface area is 87.8 Å². The molecule has 0 spiro atoms. The fourth-order valence-electron chi connectivity index (χ4n) is 1.37. The number of carboxylic acids is 1. The van der Waals surface area contributed by atoms with Gasteiger partial charge in [-0.3, -0.25) is 4.40 Å². The van der Waals surface area contributed by atoms with Crippen LogP contribution in [0.15, 0.2) is 24.5 Å². The lowest BCUT2D eigenvalue weighted by Gasteiger charge is -1.99. The van der Waals surface area contributed by atoms with Gasteiger partial charge in [0.25, 0.3) is 0 Å². The molecule has 0 saturated carbocycles. The highest BCUT2D eigenvalue weighted by molar-refractivity contribution is 5.96. The minimum absolute atomic E-state index is 0.0513. The van der Waals surface area contributed by atoms with Gasteiger partial charge in [0.05, 0.1) is 6.20 Å². The van der Waals surface area contributed by atoms with Gasteiger partial charge < -0.3 is 5.11 Å². The quantitative estimate of drug-likeness (QED) is 0.825. The van der Waals surface area contributed by atoms with E-state index in [0.717, 1.165) is 10.6 Å². The van der Waals surface area contributed by atoms with E-state index in [9.17, 15) is 14.1 Å². The van der Waals surface area contributed by atoms with Crippen molar-refractivity contribution in [3.63, 3.8) is 0 Å². The SMILES string of the molecule is O=C(O)c1cccn2c(C(=O)OF)cnc12. The van der Waals surface area contributed by atoms with Crippen molar-refractivity contribution >= 4 is 17.6 Å². The maximum absolute atomic E-state index is 11.7. The second kappa shape index (κ2) is 3.61. The molecule has 7 heteroatoms. The molecule has 2 aromatic rings. The van der Waals surface area contributed by atoms with Crippen LogP contribution in [0.5, 0.6) is 0 Å². The van der Waals surface area contributed by atoms with Gasteiger partial charge in [-0.15, -0.1) is 0 Å². The number of imidazole rings is 1. The Hall–Kier alpha value is -2.44. The number of carbonyl (C=O) groups excluding carboxylic acids is 1. The number of carbonyl (C=O) groups is 2. The summed E-state index contributed by atoms with van der Waals surface area (Å²) in [6, 6.07) is 2.74. The van der Waals surface area contributed by atoms with Gasteiger partial charge in [-0.05, 0) is 12.1 Å². The number of aromatic carboxylic acids is 1. The largest absolute Gasteiger partial charge is 0.478 e. The third kappa shape index (κ3) is 1.38. The van der Waals surface area contributed by atoms with E-state index >= 15 is 0 Å². The summed E-state index contributed by atoms with van der Waals surface area (Å²) in [5.41, 5.74) is -0.212. The average Bonchev–Trinajstić information content (AvgIpc) is 2.71. The van der Waals surface area contributed by atoms with Crippen molar-refractivity contribution in [3.8, 4) is 0 Å². The standard InChI is InChI=1S/C9H5FN2O4/c10-16-9(15)6-4-11-7-5(8(13)14)2-1-3-12(6)7/h1-4H,(H,13,14). The number of hydrogen-bond donors (Lipinski definition) is 1. The van der Waals surface area contributed by atoms with Crippen LogP contribution in [0.1, 0.15) is 20.8 Å². The maximum Gasteiger partial charge on any atom is 0.397 e. The van der Waals surface area contributed by atoms with Crippen LogP contribution in [0.2, 0.25) is 0 Å². The zero-order valence-corrected chi connectivity index (χ0v) is 7.75. The van der Waals surface area contributed by atoms with E-state index in [2.05, 4.69) is 9.93 Å². The molecule has 16 heavy (non-hydrogen) atoms. The lowest BCUT2D eigenvalue weighted by atomic mass is 10.3. The predicted molar refractivity (Wildman–Crippen MR) is 48.7 cm³/mol. The summed E-state index contributed by atoms with van der Waals surface area (Å²) in [6.45, 7) is 0. The first-order chi connectivity index (χ1) is 7.65. The Morgan fingerprint density at radius 1 is 1.50 bits per heavy atom. The molecule has 2 heterocycles. The molecule has 0 amide bonds. The van der Waals surface area contributed by atoms with E-state index in [1.165, 1.54) is 18.3 Å². The molecule has 0 atom stereocenters. The minimum Gasteiger partial charge on any atom is -0.478 e. The van der Waals surface area contributed by atoms with Crippen LogP contribution in [-0.4, -0.2) is 26.4 Å². The van der Waals surface area contributed by atoms with E-state index in [0.29, 0.717) is 0 Å². The number of pyridine rings is 1. The molecule has 6 nitrogen and oxygen atoms in total. The molecule has 2 aromatic heterocycles. The van der Waals surface area contributed by atoms with Crippen LogP contribution >= 0.6 is 0 Å². The van der Waals surface area contributed by atoms with Gasteiger partial charge in [0.15, 0.2) is 11.3 Å². The van der Waals surface area contributed by atoms with E-state index < -0.39 is 11.9 Å². The molecule has 0 saturated heterocycles. The fourth-order valence-corrected chi connectivity index (χ4v) is 1.37. The Bertz CT molecular complexity index is 578. The number of carboxylic acid groups (broad SMARTS) is 1. The van der Waals surface area contributed by atoms with E-state index in [-0.39, 0.29) is 16.9 Å². The van der Waals surface area contributed by atoms with Gasteiger partial charge in [0, 0.05) is 10.7 Å². The highest BCUT2D eigenvalue weighted by Gasteiger charge is 2.17. The van der Waals surface area contributed by atoms with E-state index in [1.807, 2.05) is 0 Å². The molecule has 0 bridgehead atoms. The molecule has 0 aliphatic heterocycles. The highest BCUT2D eigenvalue weighted by atomic mass is 19.3. The zero-order valence-electron chi connectivity index (χ0n) is 7.75. The van der Waals surface area contributed by atoms with Gasteiger partial charge >= 0.3 is 11.9 Å². The Morgan fingerprint density at radius 2 is 2.25 bits per heavy atom. The van der Waals surface area contributed by atoms with Crippen LogP contribution in [0.3, 0.4) is 0 Å². The van der Waals surface area contributed by atoms with Crippen molar-refractivity contribution in [2.24, 2.45) is 0 Å². The summed E-state index contributed by atoms with van der Waals surface area (Å²) >= 11 is 0. The average molecular weight is 224 g/mol. The smallest absolute Gasteiger partial charge is 0.397 e. The zero-order chi connectivity index (χ0) is 11.7. The van der Waals surface area contributed by atoms with Gasteiger partial charge in [0.1, 0.15) is 5.56 Å². The number of hydrogen-bond acceptors (Lipinski definition) is 4. The van der Waals surface area contributed by atoms with Crippen molar-refractivity contribution in [1.29, 1.82) is 0 Å². The molecule has 1 N–H and O–H groups in total. The van der Waals surface area contributed by atoms with Crippen molar-refractivity contribution in [2.45, 2.75) is 0 Å². The van der Waals surface area contributed by atoms with Crippen LogP contribution in [0, 0.1) is 0 Å². The normalized spacial score (nSPS) is 10.3. The van der Waals surface area contributed by atoms with Crippen LogP contribution < -0.4 is 0 Å². The lowest BCUT2D eigenvalue weighted by Crippen LogP contribution is -2.05. The first-order valence-corrected chi connectivity index (χ1v) is 4.17. The Balaban J connectivity index is 2.71. The Morgan fingerprint density at radius 3 is 2.88 bits per heavy atom. The summed E-state index contributed by atoms with van der Waals surface area (Å²) < 4.78 is 12.9. The minimum atomic E-state index is -1.23. The third-order valence-electron chi connectivity index (χ3n) is 2.05. The molecule has 0 fully saturated rings. The van der Waals surface area contributed by atoms with E-state index in [1.54, 1.807) is 0 Å². The number of rotatable bonds is 2. The van der Waals surface area contributed by atoms with Crippen molar-refractivity contribution < 1.29 is 24.2 Å². The number of halogens is 1. The first-order valence-electron chi connectivity index (χ1n) is 4.17. The molecular formula is C9H5FN2O4. The monoisotopic (exact) mass is 224 g/mol. The molecule has 0 aliphatic rings. The first kappa shape index (κ1) is 10.1. The second-order valence-corrected chi connectivity index (χ2v) is 2.93. The molecule has 0 radical (unpaired) electrons. The number of nitrogens with zero attached hydrogens (tertiary/aromatic N) is 2. The molecule has 0 unspecified atom stereocenters. The third-order valence-corrected chi connectivity index (χ3v) is 2.05. The summed E-state index contributed by atoms with van der Waals surface area (Å²) in [7, 11) is 0. The molecule has 0 aromatic carbocycles. The fraction of sp³-hybridized carbons (Fsp3) is 0. The van der Waals surface area contributed by atoms with Gasteiger partial charge in [-0.2, -0.15) is 0 Å². The highest BCUT2D eigenvalue weighted by Crippen LogP contribution is 2.13.